The van der Waals surface area contributed by atoms with Gasteiger partial charge in [0.05, 0.1) is 0 Å². The number of benzene rings is 1. The SMILES string of the molecule is CCCc1cc(NCc2ccc(CCN)cc2)ncn1. The third-order valence-corrected chi connectivity index (χ3v) is 3.16. The van der Waals surface area contributed by atoms with Crippen molar-refractivity contribution in [1.82, 2.24) is 9.97 Å². The van der Waals surface area contributed by atoms with Crippen LogP contribution in [0.25, 0.3) is 0 Å². The Morgan fingerprint density at radius 3 is 2.50 bits per heavy atom. The molecule has 0 fully saturated rings. The Hall–Kier alpha value is -1.94. The first kappa shape index (κ1) is 14.5. The van der Waals surface area contributed by atoms with Gasteiger partial charge in [-0.05, 0) is 30.5 Å². The minimum atomic E-state index is 0.693. The van der Waals surface area contributed by atoms with Crippen LogP contribution in [0.4, 0.5) is 5.82 Å². The number of hydrogen-bond acceptors (Lipinski definition) is 4. The van der Waals surface area contributed by atoms with Gasteiger partial charge in [-0.25, -0.2) is 9.97 Å². The second kappa shape index (κ2) is 7.60. The van der Waals surface area contributed by atoms with E-state index in [-0.39, 0.29) is 0 Å². The number of nitrogens with zero attached hydrogens (tertiary/aromatic N) is 2. The summed E-state index contributed by atoms with van der Waals surface area (Å²) in [6.45, 7) is 3.61. The van der Waals surface area contributed by atoms with Gasteiger partial charge in [0.15, 0.2) is 0 Å². The van der Waals surface area contributed by atoms with Crippen molar-refractivity contribution >= 4 is 5.82 Å². The van der Waals surface area contributed by atoms with Gasteiger partial charge >= 0.3 is 0 Å². The molecule has 1 aromatic heterocycles. The molecule has 4 nitrogen and oxygen atoms in total. The van der Waals surface area contributed by atoms with Crippen LogP contribution in [0.3, 0.4) is 0 Å². The number of nitrogens with one attached hydrogen (secondary N) is 1. The van der Waals surface area contributed by atoms with Crippen LogP contribution < -0.4 is 11.1 Å². The molecule has 20 heavy (non-hydrogen) atoms. The van der Waals surface area contributed by atoms with E-state index >= 15 is 0 Å². The van der Waals surface area contributed by atoms with Crippen LogP contribution in [0, 0.1) is 0 Å². The molecular weight excluding hydrogens is 248 g/mol. The Bertz CT molecular complexity index is 522. The van der Waals surface area contributed by atoms with E-state index in [9.17, 15) is 0 Å². The van der Waals surface area contributed by atoms with Crippen LogP contribution in [0.15, 0.2) is 36.7 Å². The van der Waals surface area contributed by atoms with E-state index in [0.717, 1.165) is 37.3 Å². The topological polar surface area (TPSA) is 63.8 Å². The number of nitrogens with two attached hydrogens (primary N) is 1. The maximum Gasteiger partial charge on any atom is 0.129 e. The summed E-state index contributed by atoms with van der Waals surface area (Å²) in [5.41, 5.74) is 9.15. The van der Waals surface area contributed by atoms with E-state index in [1.807, 2.05) is 6.07 Å². The molecule has 0 amide bonds. The molecule has 4 heteroatoms. The first-order chi connectivity index (χ1) is 9.81. The largest absolute Gasteiger partial charge is 0.366 e. The van der Waals surface area contributed by atoms with Crippen LogP contribution in [0.5, 0.6) is 0 Å². The molecule has 1 heterocycles. The summed E-state index contributed by atoms with van der Waals surface area (Å²) in [5.74, 6) is 0.884. The van der Waals surface area contributed by atoms with Crippen molar-refractivity contribution < 1.29 is 0 Å². The third-order valence-electron chi connectivity index (χ3n) is 3.16. The molecule has 0 saturated carbocycles. The number of aryl methyl sites for hydroxylation is 1. The number of anilines is 1. The zero-order valence-electron chi connectivity index (χ0n) is 12.0. The highest BCUT2D eigenvalue weighted by Gasteiger charge is 1.99. The molecule has 0 spiro atoms. The molecule has 0 unspecified atom stereocenters. The van der Waals surface area contributed by atoms with Gasteiger partial charge in [0, 0.05) is 18.3 Å². The maximum atomic E-state index is 5.55. The zero-order chi connectivity index (χ0) is 14.2. The van der Waals surface area contributed by atoms with E-state index < -0.39 is 0 Å². The molecule has 1 aromatic carbocycles. The van der Waals surface area contributed by atoms with E-state index in [1.165, 1.54) is 11.1 Å². The average molecular weight is 270 g/mol. The van der Waals surface area contributed by atoms with Gasteiger partial charge in [0.25, 0.3) is 0 Å². The highest BCUT2D eigenvalue weighted by atomic mass is 15.0. The van der Waals surface area contributed by atoms with E-state index in [0.29, 0.717) is 6.54 Å². The van der Waals surface area contributed by atoms with Crippen molar-refractivity contribution in [2.24, 2.45) is 5.73 Å². The quantitative estimate of drug-likeness (QED) is 0.811. The Labute approximate surface area is 120 Å². The van der Waals surface area contributed by atoms with E-state index in [1.54, 1.807) is 6.33 Å². The van der Waals surface area contributed by atoms with Crippen molar-refractivity contribution in [3.05, 3.63) is 53.5 Å². The molecule has 0 aliphatic rings. The summed E-state index contributed by atoms with van der Waals surface area (Å²) < 4.78 is 0. The van der Waals surface area contributed by atoms with E-state index in [2.05, 4.69) is 46.5 Å². The summed E-state index contributed by atoms with van der Waals surface area (Å²) in [4.78, 5) is 8.50. The lowest BCUT2D eigenvalue weighted by Crippen LogP contribution is -2.04. The molecule has 106 valence electrons. The number of rotatable bonds is 7. The van der Waals surface area contributed by atoms with Crippen molar-refractivity contribution in [1.29, 1.82) is 0 Å². The molecule has 0 radical (unpaired) electrons. The fourth-order valence-corrected chi connectivity index (χ4v) is 2.07. The van der Waals surface area contributed by atoms with Crippen LogP contribution in [-0.2, 0) is 19.4 Å². The van der Waals surface area contributed by atoms with Gasteiger partial charge in [-0.3, -0.25) is 0 Å². The number of aromatic nitrogens is 2. The smallest absolute Gasteiger partial charge is 0.129 e. The summed E-state index contributed by atoms with van der Waals surface area (Å²) >= 11 is 0. The summed E-state index contributed by atoms with van der Waals surface area (Å²) in [7, 11) is 0. The molecular formula is C16H22N4. The fourth-order valence-electron chi connectivity index (χ4n) is 2.07. The highest BCUT2D eigenvalue weighted by Crippen LogP contribution is 2.10. The van der Waals surface area contributed by atoms with Crippen molar-refractivity contribution in [2.75, 3.05) is 11.9 Å². The van der Waals surface area contributed by atoms with E-state index in [4.69, 9.17) is 5.73 Å². The molecule has 0 aliphatic carbocycles. The molecule has 3 N–H and O–H groups in total. The second-order valence-electron chi connectivity index (χ2n) is 4.85. The average Bonchev–Trinajstić information content (AvgIpc) is 2.48. The molecule has 0 atom stereocenters. The first-order valence-corrected chi connectivity index (χ1v) is 7.14. The van der Waals surface area contributed by atoms with Gasteiger partial charge < -0.3 is 11.1 Å². The fraction of sp³-hybridized carbons (Fsp3) is 0.375. The lowest BCUT2D eigenvalue weighted by atomic mass is 10.1. The molecule has 0 bridgehead atoms. The molecule has 2 aromatic rings. The van der Waals surface area contributed by atoms with Crippen molar-refractivity contribution in [2.45, 2.75) is 32.7 Å². The first-order valence-electron chi connectivity index (χ1n) is 7.14. The Balaban J connectivity index is 1.92. The second-order valence-corrected chi connectivity index (χ2v) is 4.85. The van der Waals surface area contributed by atoms with Crippen LogP contribution in [0.2, 0.25) is 0 Å². The number of hydrogen-bond donors (Lipinski definition) is 2. The summed E-state index contributed by atoms with van der Waals surface area (Å²) in [6, 6.07) is 10.5. The highest BCUT2D eigenvalue weighted by molar-refractivity contribution is 5.36. The minimum absolute atomic E-state index is 0.693. The van der Waals surface area contributed by atoms with Gasteiger partial charge in [-0.1, -0.05) is 37.6 Å². The zero-order valence-corrected chi connectivity index (χ0v) is 12.0. The van der Waals surface area contributed by atoms with Crippen LogP contribution in [0.1, 0.15) is 30.2 Å². The Kier molecular flexibility index (Phi) is 5.50. The van der Waals surface area contributed by atoms with Crippen LogP contribution >= 0.6 is 0 Å². The van der Waals surface area contributed by atoms with Gasteiger partial charge in [0.1, 0.15) is 12.1 Å². The Morgan fingerprint density at radius 2 is 1.80 bits per heavy atom. The van der Waals surface area contributed by atoms with Crippen molar-refractivity contribution in [3.63, 3.8) is 0 Å². The standard InChI is InChI=1S/C16H22N4/c1-2-3-15-10-16(20-12-19-15)18-11-14-6-4-13(5-7-14)8-9-17/h4-7,10,12H,2-3,8-9,11,17H2,1H3,(H,18,19,20). The lowest BCUT2D eigenvalue weighted by Gasteiger charge is -2.07. The maximum absolute atomic E-state index is 5.55. The molecule has 0 saturated heterocycles. The summed E-state index contributed by atoms with van der Waals surface area (Å²) in [6.07, 6.45) is 4.64. The predicted octanol–water partition coefficient (Wildman–Crippen LogP) is 2.54. The molecule has 0 aliphatic heterocycles. The molecule has 2 rings (SSSR count). The monoisotopic (exact) mass is 270 g/mol. The Morgan fingerprint density at radius 1 is 1.05 bits per heavy atom. The summed E-state index contributed by atoms with van der Waals surface area (Å²) in [5, 5.41) is 3.34. The van der Waals surface area contributed by atoms with Crippen molar-refractivity contribution in [3.8, 4) is 0 Å². The van der Waals surface area contributed by atoms with Crippen LogP contribution in [-0.4, -0.2) is 16.5 Å². The normalized spacial score (nSPS) is 10.5. The van der Waals surface area contributed by atoms with Gasteiger partial charge in [0.2, 0.25) is 0 Å². The predicted molar refractivity (Wildman–Crippen MR) is 82.6 cm³/mol. The van der Waals surface area contributed by atoms with Gasteiger partial charge in [-0.2, -0.15) is 0 Å². The third kappa shape index (κ3) is 4.31. The lowest BCUT2D eigenvalue weighted by molar-refractivity contribution is 0.871. The van der Waals surface area contributed by atoms with Gasteiger partial charge in [-0.15, -0.1) is 0 Å². The minimum Gasteiger partial charge on any atom is -0.366 e.